The highest BCUT2D eigenvalue weighted by molar-refractivity contribution is 9.11. The Balaban J connectivity index is 0.000000191. The molecule has 0 spiro atoms. The maximum absolute atomic E-state index is 10.9. The summed E-state index contributed by atoms with van der Waals surface area (Å²) in [5.74, 6) is 0.299. The Morgan fingerprint density at radius 3 is 1.79 bits per heavy atom. The number of hydrogen-bond acceptors (Lipinski definition) is 4. The summed E-state index contributed by atoms with van der Waals surface area (Å²) in [6.45, 7) is 7.07. The van der Waals surface area contributed by atoms with Gasteiger partial charge in [-0.3, -0.25) is 9.59 Å². The quantitative estimate of drug-likeness (QED) is 0.684. The number of ketones is 2. The van der Waals surface area contributed by atoms with E-state index < -0.39 is 0 Å². The summed E-state index contributed by atoms with van der Waals surface area (Å²) in [7, 11) is 0. The van der Waals surface area contributed by atoms with Crippen LogP contribution in [0.1, 0.15) is 45.7 Å². The highest BCUT2D eigenvalue weighted by Crippen LogP contribution is 2.27. The molecule has 0 N–H and O–H groups in total. The third kappa shape index (κ3) is 4.37. The Bertz CT molecular complexity index is 596. The number of carbonyl (C=O) groups is 2. The van der Waals surface area contributed by atoms with E-state index >= 15 is 0 Å². The summed E-state index contributed by atoms with van der Waals surface area (Å²) in [6.07, 6.45) is 0. The molecular weight excluding hydrogens is 344 g/mol. The fraction of sp³-hybridized carbons (Fsp3) is 0.286. The maximum atomic E-state index is 10.9. The fourth-order valence-electron chi connectivity index (χ4n) is 1.46. The maximum Gasteiger partial charge on any atom is 0.160 e. The van der Waals surface area contributed by atoms with Crippen molar-refractivity contribution in [3.63, 3.8) is 0 Å². The SMILES string of the molecule is CC(=O)c1csc(Br)c1C.CC(=O)c1cscc1C. The van der Waals surface area contributed by atoms with Crippen molar-refractivity contribution < 1.29 is 9.59 Å². The Morgan fingerprint density at radius 2 is 1.58 bits per heavy atom. The first-order valence-corrected chi connectivity index (χ1v) is 8.24. The second kappa shape index (κ2) is 7.12. The minimum absolute atomic E-state index is 0.138. The van der Waals surface area contributed by atoms with Gasteiger partial charge < -0.3 is 0 Å². The molecule has 2 nitrogen and oxygen atoms in total. The van der Waals surface area contributed by atoms with E-state index in [0.717, 1.165) is 26.0 Å². The normalized spacial score (nSPS) is 9.74. The second-order valence-electron chi connectivity index (χ2n) is 4.13. The van der Waals surface area contributed by atoms with E-state index in [9.17, 15) is 9.59 Å². The second-order valence-corrected chi connectivity index (χ2v) is 7.07. The van der Waals surface area contributed by atoms with Crippen LogP contribution in [-0.4, -0.2) is 11.6 Å². The molecule has 0 saturated heterocycles. The molecule has 0 aliphatic heterocycles. The van der Waals surface area contributed by atoms with Crippen LogP contribution < -0.4 is 0 Å². The van der Waals surface area contributed by atoms with Gasteiger partial charge in [-0.2, -0.15) is 11.3 Å². The van der Waals surface area contributed by atoms with Crippen LogP contribution in [0.25, 0.3) is 0 Å². The van der Waals surface area contributed by atoms with Crippen LogP contribution in [0.4, 0.5) is 0 Å². The molecule has 0 aliphatic rings. The number of Topliss-reactive ketones (excluding diaryl/α,β-unsaturated/α-hetero) is 2. The van der Waals surface area contributed by atoms with Crippen LogP contribution in [0.2, 0.25) is 0 Å². The standard InChI is InChI=1S/C7H7BrOS.C7H8OS/c1-4-6(5(2)9)3-10-7(4)8;1-5-3-9-4-7(5)6(2)8/h3H,1-2H3;3-4H,1-2H3. The zero-order valence-electron chi connectivity index (χ0n) is 11.2. The molecule has 5 heteroatoms. The van der Waals surface area contributed by atoms with E-state index in [1.165, 1.54) is 0 Å². The lowest BCUT2D eigenvalue weighted by Gasteiger charge is -1.90. The highest BCUT2D eigenvalue weighted by Gasteiger charge is 2.07. The van der Waals surface area contributed by atoms with E-state index in [1.807, 2.05) is 30.0 Å². The van der Waals surface area contributed by atoms with Crippen LogP contribution in [0.3, 0.4) is 0 Å². The molecule has 0 aliphatic carbocycles. The van der Waals surface area contributed by atoms with Gasteiger partial charge in [0.15, 0.2) is 11.6 Å². The zero-order valence-corrected chi connectivity index (χ0v) is 14.5. The lowest BCUT2D eigenvalue weighted by Crippen LogP contribution is -1.90. The Kier molecular flexibility index (Phi) is 6.10. The minimum Gasteiger partial charge on any atom is -0.294 e. The molecule has 0 aromatic carbocycles. The number of rotatable bonds is 2. The van der Waals surface area contributed by atoms with E-state index in [-0.39, 0.29) is 11.6 Å². The molecular formula is C14H15BrO2S2. The van der Waals surface area contributed by atoms with Crippen molar-refractivity contribution in [2.45, 2.75) is 27.7 Å². The van der Waals surface area contributed by atoms with Crippen molar-refractivity contribution in [1.29, 1.82) is 0 Å². The number of aryl methyl sites for hydroxylation is 1. The summed E-state index contributed by atoms with van der Waals surface area (Å²) in [5, 5.41) is 5.75. The smallest absolute Gasteiger partial charge is 0.160 e. The van der Waals surface area contributed by atoms with E-state index in [2.05, 4.69) is 15.9 Å². The summed E-state index contributed by atoms with van der Waals surface area (Å²) < 4.78 is 1.05. The van der Waals surface area contributed by atoms with Gasteiger partial charge in [0.1, 0.15) is 0 Å². The molecule has 2 heterocycles. The van der Waals surface area contributed by atoms with Gasteiger partial charge in [-0.15, -0.1) is 11.3 Å². The molecule has 0 saturated carbocycles. The molecule has 0 radical (unpaired) electrons. The predicted molar refractivity (Wildman–Crippen MR) is 85.8 cm³/mol. The van der Waals surface area contributed by atoms with Crippen molar-refractivity contribution in [3.05, 3.63) is 42.2 Å². The van der Waals surface area contributed by atoms with Gasteiger partial charge in [0.25, 0.3) is 0 Å². The van der Waals surface area contributed by atoms with Gasteiger partial charge >= 0.3 is 0 Å². The number of carbonyl (C=O) groups excluding carboxylic acids is 2. The Hall–Kier alpha value is -0.780. The molecule has 2 aromatic rings. The number of hydrogen-bond donors (Lipinski definition) is 0. The van der Waals surface area contributed by atoms with E-state index in [4.69, 9.17) is 0 Å². The first-order chi connectivity index (χ1) is 8.84. The first kappa shape index (κ1) is 16.3. The Morgan fingerprint density at radius 1 is 1.00 bits per heavy atom. The van der Waals surface area contributed by atoms with E-state index in [1.54, 1.807) is 36.5 Å². The highest BCUT2D eigenvalue weighted by atomic mass is 79.9. The van der Waals surface area contributed by atoms with Crippen LogP contribution in [0, 0.1) is 13.8 Å². The van der Waals surface area contributed by atoms with Crippen LogP contribution in [0.15, 0.2) is 19.9 Å². The van der Waals surface area contributed by atoms with Gasteiger partial charge in [0.05, 0.1) is 3.79 Å². The molecule has 19 heavy (non-hydrogen) atoms. The van der Waals surface area contributed by atoms with Crippen molar-refractivity contribution in [2.24, 2.45) is 0 Å². The Labute approximate surface area is 129 Å². The molecule has 2 rings (SSSR count). The lowest BCUT2D eigenvalue weighted by molar-refractivity contribution is 0.100. The van der Waals surface area contributed by atoms with Crippen molar-refractivity contribution >= 4 is 50.2 Å². The zero-order chi connectivity index (χ0) is 14.6. The van der Waals surface area contributed by atoms with Gasteiger partial charge in [0.2, 0.25) is 0 Å². The van der Waals surface area contributed by atoms with Crippen LogP contribution >= 0.6 is 38.6 Å². The van der Waals surface area contributed by atoms with Gasteiger partial charge in [-0.1, -0.05) is 0 Å². The number of thiophene rings is 2. The minimum atomic E-state index is 0.138. The molecule has 0 atom stereocenters. The van der Waals surface area contributed by atoms with E-state index in [0.29, 0.717) is 0 Å². The van der Waals surface area contributed by atoms with Crippen molar-refractivity contribution in [1.82, 2.24) is 0 Å². The topological polar surface area (TPSA) is 34.1 Å². The molecule has 0 unspecified atom stereocenters. The summed E-state index contributed by atoms with van der Waals surface area (Å²) in [4.78, 5) is 21.6. The van der Waals surface area contributed by atoms with Gasteiger partial charge in [-0.25, -0.2) is 0 Å². The van der Waals surface area contributed by atoms with Crippen LogP contribution in [-0.2, 0) is 0 Å². The molecule has 0 bridgehead atoms. The molecule has 2 aromatic heterocycles. The van der Waals surface area contributed by atoms with Crippen LogP contribution in [0.5, 0.6) is 0 Å². The van der Waals surface area contributed by atoms with Crippen molar-refractivity contribution in [2.75, 3.05) is 0 Å². The van der Waals surface area contributed by atoms with Gasteiger partial charge in [0, 0.05) is 21.9 Å². The lowest BCUT2D eigenvalue weighted by atomic mass is 10.2. The monoisotopic (exact) mass is 358 g/mol. The summed E-state index contributed by atoms with van der Waals surface area (Å²) in [6, 6.07) is 0. The molecule has 0 amide bonds. The predicted octanol–water partition coefficient (Wildman–Crippen LogP) is 5.28. The average molecular weight is 359 g/mol. The average Bonchev–Trinajstić information content (AvgIpc) is 2.88. The largest absolute Gasteiger partial charge is 0.294 e. The number of halogens is 1. The third-order valence-corrected chi connectivity index (χ3v) is 5.48. The van der Waals surface area contributed by atoms with Crippen molar-refractivity contribution in [3.8, 4) is 0 Å². The fourth-order valence-corrected chi connectivity index (χ4v) is 3.69. The van der Waals surface area contributed by atoms with Gasteiger partial charge in [-0.05, 0) is 60.1 Å². The third-order valence-electron chi connectivity index (χ3n) is 2.59. The first-order valence-electron chi connectivity index (χ1n) is 5.62. The summed E-state index contributed by atoms with van der Waals surface area (Å²) >= 11 is 6.48. The molecule has 0 fully saturated rings. The molecule has 102 valence electrons. The summed E-state index contributed by atoms with van der Waals surface area (Å²) in [5.41, 5.74) is 3.84.